The van der Waals surface area contributed by atoms with Gasteiger partial charge in [-0.15, -0.1) is 37.1 Å². The van der Waals surface area contributed by atoms with E-state index < -0.39 is 22.1 Å². The van der Waals surface area contributed by atoms with Gasteiger partial charge in [0.25, 0.3) is 0 Å². The third kappa shape index (κ3) is 8.64. The van der Waals surface area contributed by atoms with E-state index in [0.717, 1.165) is 6.07 Å². The molecule has 29 heavy (non-hydrogen) atoms. The quantitative estimate of drug-likeness (QED) is 0.206. The highest BCUT2D eigenvalue weighted by Crippen LogP contribution is 2.29. The topological polar surface area (TPSA) is 106 Å². The first kappa shape index (κ1) is 25.3. The summed E-state index contributed by atoms with van der Waals surface area (Å²) in [6.45, 7) is -0.140. The van der Waals surface area contributed by atoms with Crippen LogP contribution >= 0.6 is 35.6 Å². The third-order valence-electron chi connectivity index (χ3n) is 3.17. The third-order valence-corrected chi connectivity index (χ3v) is 4.86. The highest BCUT2D eigenvalue weighted by atomic mass is 127. The molecule has 0 spiro atoms. The van der Waals surface area contributed by atoms with Crippen molar-refractivity contribution >= 4 is 57.2 Å². The fraction of sp³-hybridized carbons (Fsp3) is 0.188. The number of anilines is 1. The van der Waals surface area contributed by atoms with Crippen LogP contribution in [0.1, 0.15) is 0 Å². The molecule has 0 atom stereocenters. The van der Waals surface area contributed by atoms with Gasteiger partial charge in [-0.2, -0.15) is 0 Å². The van der Waals surface area contributed by atoms with Crippen molar-refractivity contribution in [1.29, 1.82) is 0 Å². The molecule has 0 aliphatic heterocycles. The number of sulfonamides is 1. The molecule has 2 aromatic carbocycles. The minimum absolute atomic E-state index is 0. The maximum Gasteiger partial charge on any atom is 0.573 e. The average molecular weight is 565 g/mol. The number of hydrogen-bond acceptors (Lipinski definition) is 4. The highest BCUT2D eigenvalue weighted by molar-refractivity contribution is 14.0. The zero-order chi connectivity index (χ0) is 20.8. The van der Waals surface area contributed by atoms with Crippen LogP contribution in [0, 0.1) is 0 Å². The Morgan fingerprint density at radius 1 is 1.17 bits per heavy atom. The monoisotopic (exact) mass is 564 g/mol. The van der Waals surface area contributed by atoms with Gasteiger partial charge in [-0.1, -0.05) is 29.8 Å². The van der Waals surface area contributed by atoms with E-state index in [1.807, 2.05) is 0 Å². The molecule has 0 amide bonds. The second kappa shape index (κ2) is 10.8. The van der Waals surface area contributed by atoms with E-state index in [-0.39, 0.29) is 58.6 Å². The summed E-state index contributed by atoms with van der Waals surface area (Å²) in [6, 6.07) is 11.0. The zero-order valence-corrected chi connectivity index (χ0v) is 18.5. The van der Waals surface area contributed by atoms with Gasteiger partial charge in [-0.05, 0) is 30.3 Å². The smallest absolute Gasteiger partial charge is 0.404 e. The van der Waals surface area contributed by atoms with Gasteiger partial charge in [0.2, 0.25) is 10.0 Å². The molecule has 13 heteroatoms. The predicted octanol–water partition coefficient (Wildman–Crippen LogP) is 3.56. The molecule has 0 unspecified atom stereocenters. The summed E-state index contributed by atoms with van der Waals surface area (Å²) in [5.41, 5.74) is 5.59. The first-order chi connectivity index (χ1) is 13.1. The number of benzene rings is 2. The molecule has 0 radical (unpaired) electrons. The van der Waals surface area contributed by atoms with E-state index in [1.165, 1.54) is 42.5 Å². The molecule has 2 rings (SSSR count). The van der Waals surface area contributed by atoms with Crippen LogP contribution in [0.15, 0.2) is 58.4 Å². The summed E-state index contributed by atoms with van der Waals surface area (Å²) in [4.78, 5) is 3.86. The lowest BCUT2D eigenvalue weighted by Gasteiger charge is -2.14. The van der Waals surface area contributed by atoms with E-state index in [4.69, 9.17) is 17.3 Å². The highest BCUT2D eigenvalue weighted by Gasteiger charge is 2.32. The molecule has 2 aromatic rings. The Morgan fingerprint density at radius 3 is 2.52 bits per heavy atom. The van der Waals surface area contributed by atoms with Gasteiger partial charge < -0.3 is 15.8 Å². The number of ether oxygens (including phenoxy) is 1. The lowest BCUT2D eigenvalue weighted by Crippen LogP contribution is -2.29. The molecule has 0 aromatic heterocycles. The van der Waals surface area contributed by atoms with Gasteiger partial charge in [0.1, 0.15) is 0 Å². The number of nitrogens with one attached hydrogen (secondary N) is 2. The van der Waals surface area contributed by atoms with Gasteiger partial charge in [0.05, 0.1) is 17.1 Å². The van der Waals surface area contributed by atoms with Gasteiger partial charge in [0.15, 0.2) is 11.7 Å². The standard InChI is InChI=1S/C16H16ClF3N4O3S.HI/c17-11-4-3-5-12(10-11)28(25,26)23-9-8-22-15(21)24-13-6-1-2-7-14(13)27-16(18,19)20;/h1-7,10,23H,8-9H2,(H3,21,22,24);1H. The lowest BCUT2D eigenvalue weighted by molar-refractivity contribution is -0.274. The SMILES string of the molecule is I.NC(=NCCNS(=O)(=O)c1cccc(Cl)c1)Nc1ccccc1OC(F)(F)F. The van der Waals surface area contributed by atoms with Crippen LogP contribution in [-0.2, 0) is 10.0 Å². The maximum absolute atomic E-state index is 12.4. The van der Waals surface area contributed by atoms with Crippen molar-refractivity contribution in [2.24, 2.45) is 10.7 Å². The Balaban J connectivity index is 0.00000420. The molecule has 0 aliphatic rings. The molecule has 0 bridgehead atoms. The molecule has 0 fully saturated rings. The van der Waals surface area contributed by atoms with Crippen LogP contribution in [0.3, 0.4) is 0 Å². The number of nitrogens with zero attached hydrogens (tertiary/aromatic N) is 1. The lowest BCUT2D eigenvalue weighted by atomic mass is 10.3. The van der Waals surface area contributed by atoms with E-state index in [0.29, 0.717) is 0 Å². The second-order valence-electron chi connectivity index (χ2n) is 5.29. The Bertz CT molecular complexity index is 958. The minimum atomic E-state index is -4.86. The largest absolute Gasteiger partial charge is 0.573 e. The molecule has 0 saturated carbocycles. The van der Waals surface area contributed by atoms with E-state index >= 15 is 0 Å². The Kier molecular flexibility index (Phi) is 9.45. The Labute approximate surface area is 187 Å². The Morgan fingerprint density at radius 2 is 1.86 bits per heavy atom. The van der Waals surface area contributed by atoms with Crippen LogP contribution < -0.4 is 20.5 Å². The van der Waals surface area contributed by atoms with Gasteiger partial charge in [-0.3, -0.25) is 4.99 Å². The summed E-state index contributed by atoms with van der Waals surface area (Å²) in [7, 11) is -3.78. The van der Waals surface area contributed by atoms with Crippen molar-refractivity contribution < 1.29 is 26.3 Å². The Hall–Kier alpha value is -1.77. The number of halogens is 5. The fourth-order valence-corrected chi connectivity index (χ4v) is 3.36. The molecular weight excluding hydrogens is 548 g/mol. The van der Waals surface area contributed by atoms with Crippen molar-refractivity contribution in [3.63, 3.8) is 0 Å². The number of hydrogen-bond donors (Lipinski definition) is 3. The first-order valence-corrected chi connectivity index (χ1v) is 9.60. The predicted molar refractivity (Wildman–Crippen MR) is 115 cm³/mol. The number of guanidine groups is 1. The number of aliphatic imine (C=N–C) groups is 1. The fourth-order valence-electron chi connectivity index (χ4n) is 2.03. The maximum atomic E-state index is 12.4. The van der Waals surface area contributed by atoms with E-state index in [9.17, 15) is 21.6 Å². The molecule has 4 N–H and O–H groups in total. The van der Waals surface area contributed by atoms with Gasteiger partial charge in [0, 0.05) is 11.6 Å². The van der Waals surface area contributed by atoms with Crippen molar-refractivity contribution in [1.82, 2.24) is 4.72 Å². The molecule has 7 nitrogen and oxygen atoms in total. The molecule has 0 heterocycles. The van der Waals surface area contributed by atoms with E-state index in [2.05, 4.69) is 19.8 Å². The second-order valence-corrected chi connectivity index (χ2v) is 7.49. The number of alkyl halides is 3. The summed E-state index contributed by atoms with van der Waals surface area (Å²) in [5.74, 6) is -0.685. The number of rotatable bonds is 7. The summed E-state index contributed by atoms with van der Waals surface area (Å²) in [5, 5.41) is 2.75. The molecule has 160 valence electrons. The summed E-state index contributed by atoms with van der Waals surface area (Å²) in [6.07, 6.45) is -4.86. The summed E-state index contributed by atoms with van der Waals surface area (Å²) < 4.78 is 67.6. The van der Waals surface area contributed by atoms with Crippen molar-refractivity contribution in [3.8, 4) is 5.75 Å². The number of nitrogens with two attached hydrogens (primary N) is 1. The first-order valence-electron chi connectivity index (χ1n) is 7.74. The average Bonchev–Trinajstić information content (AvgIpc) is 2.59. The number of para-hydroxylation sites is 2. The van der Waals surface area contributed by atoms with Crippen LogP contribution in [0.5, 0.6) is 5.75 Å². The summed E-state index contributed by atoms with van der Waals surface area (Å²) >= 11 is 5.76. The van der Waals surface area contributed by atoms with Crippen molar-refractivity contribution in [2.75, 3.05) is 18.4 Å². The molecular formula is C16H17ClF3IN4O3S. The normalized spacial score (nSPS) is 12.2. The van der Waals surface area contributed by atoms with Crippen LogP contribution in [0.4, 0.5) is 18.9 Å². The molecule has 0 saturated heterocycles. The van der Waals surface area contributed by atoms with Gasteiger partial charge >= 0.3 is 6.36 Å². The minimum Gasteiger partial charge on any atom is -0.404 e. The zero-order valence-electron chi connectivity index (χ0n) is 14.6. The van der Waals surface area contributed by atoms with Crippen molar-refractivity contribution in [2.45, 2.75) is 11.3 Å². The van der Waals surface area contributed by atoms with E-state index in [1.54, 1.807) is 0 Å². The van der Waals surface area contributed by atoms with Gasteiger partial charge in [-0.25, -0.2) is 13.1 Å². The van der Waals surface area contributed by atoms with Crippen LogP contribution in [0.25, 0.3) is 0 Å². The molecule has 0 aliphatic carbocycles. The van der Waals surface area contributed by atoms with Crippen LogP contribution in [0.2, 0.25) is 5.02 Å². The van der Waals surface area contributed by atoms with Crippen LogP contribution in [-0.4, -0.2) is 33.8 Å². The van der Waals surface area contributed by atoms with Crippen molar-refractivity contribution in [3.05, 3.63) is 53.6 Å².